The summed E-state index contributed by atoms with van der Waals surface area (Å²) >= 11 is 9.12. The van der Waals surface area contributed by atoms with Crippen LogP contribution in [-0.4, -0.2) is 23.1 Å². The maximum atomic E-state index is 11.9. The van der Waals surface area contributed by atoms with Crippen LogP contribution in [0.25, 0.3) is 0 Å². The number of nitrogens with one attached hydrogen (secondary N) is 2. The molecule has 0 heterocycles. The molecule has 0 spiro atoms. The summed E-state index contributed by atoms with van der Waals surface area (Å²) < 4.78 is 0.668. The highest BCUT2D eigenvalue weighted by Crippen LogP contribution is 2.27. The first-order valence-corrected chi connectivity index (χ1v) is 7.40. The molecule has 5 nitrogen and oxygen atoms in total. The summed E-state index contributed by atoms with van der Waals surface area (Å²) in [5, 5.41) is 15.0. The fourth-order valence-corrected chi connectivity index (χ4v) is 3.13. The van der Waals surface area contributed by atoms with Gasteiger partial charge in [0.25, 0.3) is 0 Å². The number of amides is 2. The molecule has 2 atom stereocenters. The molecular formula is C13H14BrClN2O3. The summed E-state index contributed by atoms with van der Waals surface area (Å²) in [6.45, 7) is 0. The van der Waals surface area contributed by atoms with E-state index in [1.807, 2.05) is 0 Å². The number of carboxylic acids is 1. The number of rotatable bonds is 3. The van der Waals surface area contributed by atoms with E-state index >= 15 is 0 Å². The van der Waals surface area contributed by atoms with Crippen molar-refractivity contribution in [3.8, 4) is 0 Å². The Morgan fingerprint density at radius 1 is 1.35 bits per heavy atom. The quantitative estimate of drug-likeness (QED) is 0.771. The van der Waals surface area contributed by atoms with E-state index in [-0.39, 0.29) is 6.04 Å². The van der Waals surface area contributed by atoms with Crippen molar-refractivity contribution in [3.63, 3.8) is 0 Å². The van der Waals surface area contributed by atoms with Gasteiger partial charge in [-0.2, -0.15) is 0 Å². The van der Waals surface area contributed by atoms with Crippen LogP contribution in [0.15, 0.2) is 22.7 Å². The van der Waals surface area contributed by atoms with Crippen molar-refractivity contribution in [2.75, 3.05) is 5.32 Å². The van der Waals surface area contributed by atoms with Crippen LogP contribution in [0.4, 0.5) is 10.5 Å². The van der Waals surface area contributed by atoms with Crippen molar-refractivity contribution >= 4 is 45.2 Å². The summed E-state index contributed by atoms with van der Waals surface area (Å²) in [5.41, 5.74) is 0.580. The van der Waals surface area contributed by atoms with Crippen LogP contribution in [0.5, 0.6) is 0 Å². The van der Waals surface area contributed by atoms with E-state index in [0.29, 0.717) is 28.0 Å². The number of carbonyl (C=O) groups is 2. The van der Waals surface area contributed by atoms with Gasteiger partial charge in [0.15, 0.2) is 0 Å². The molecule has 7 heteroatoms. The van der Waals surface area contributed by atoms with Crippen LogP contribution < -0.4 is 10.6 Å². The molecule has 2 unspecified atom stereocenters. The van der Waals surface area contributed by atoms with Gasteiger partial charge in [0.2, 0.25) is 0 Å². The van der Waals surface area contributed by atoms with E-state index in [1.54, 1.807) is 18.2 Å². The predicted molar refractivity (Wildman–Crippen MR) is 80.1 cm³/mol. The first kappa shape index (κ1) is 15.1. The van der Waals surface area contributed by atoms with E-state index in [0.717, 1.165) is 6.42 Å². The molecule has 0 saturated heterocycles. The van der Waals surface area contributed by atoms with Crippen LogP contribution >= 0.6 is 27.5 Å². The van der Waals surface area contributed by atoms with Gasteiger partial charge in [-0.3, -0.25) is 4.79 Å². The second-order valence-corrected chi connectivity index (χ2v) is 6.00. The number of hydrogen-bond acceptors (Lipinski definition) is 2. The molecule has 2 amide bonds. The zero-order valence-corrected chi connectivity index (χ0v) is 12.9. The lowest BCUT2D eigenvalue weighted by molar-refractivity contribution is -0.142. The van der Waals surface area contributed by atoms with Gasteiger partial charge in [0.05, 0.1) is 11.6 Å². The van der Waals surface area contributed by atoms with E-state index in [2.05, 4.69) is 26.6 Å². The molecule has 1 aliphatic rings. The van der Waals surface area contributed by atoms with E-state index in [4.69, 9.17) is 16.7 Å². The molecule has 1 fully saturated rings. The summed E-state index contributed by atoms with van der Waals surface area (Å²) in [4.78, 5) is 23.0. The number of anilines is 1. The van der Waals surface area contributed by atoms with Gasteiger partial charge in [-0.1, -0.05) is 18.0 Å². The third kappa shape index (κ3) is 3.64. The Kier molecular flexibility index (Phi) is 4.88. The Balaban J connectivity index is 1.97. The fraction of sp³-hybridized carbons (Fsp3) is 0.385. The number of halogens is 2. The van der Waals surface area contributed by atoms with Crippen molar-refractivity contribution in [3.05, 3.63) is 27.7 Å². The van der Waals surface area contributed by atoms with Crippen molar-refractivity contribution < 1.29 is 14.7 Å². The average molecular weight is 362 g/mol. The maximum Gasteiger partial charge on any atom is 0.319 e. The Bertz CT molecular complexity index is 538. The van der Waals surface area contributed by atoms with Crippen LogP contribution in [0.1, 0.15) is 19.3 Å². The number of carbonyl (C=O) groups excluding carboxylic acids is 1. The number of hydrogen-bond donors (Lipinski definition) is 3. The third-order valence-corrected chi connectivity index (χ3v) is 4.22. The minimum Gasteiger partial charge on any atom is -0.481 e. The lowest BCUT2D eigenvalue weighted by Crippen LogP contribution is -2.42. The molecule has 1 aromatic carbocycles. The van der Waals surface area contributed by atoms with Crippen molar-refractivity contribution in [1.82, 2.24) is 5.32 Å². The normalized spacial score (nSPS) is 21.5. The number of benzene rings is 1. The largest absolute Gasteiger partial charge is 0.481 e. The predicted octanol–water partition coefficient (Wildman–Crippen LogP) is 3.48. The average Bonchev–Trinajstić information content (AvgIpc) is 2.81. The van der Waals surface area contributed by atoms with Gasteiger partial charge < -0.3 is 15.7 Å². The number of aliphatic carboxylic acids is 1. The third-order valence-electron chi connectivity index (χ3n) is 3.33. The van der Waals surface area contributed by atoms with Gasteiger partial charge in [-0.15, -0.1) is 0 Å². The maximum absolute atomic E-state index is 11.9. The molecule has 20 heavy (non-hydrogen) atoms. The molecule has 3 N–H and O–H groups in total. The zero-order valence-electron chi connectivity index (χ0n) is 10.5. The molecule has 1 aliphatic carbocycles. The molecule has 0 bridgehead atoms. The SMILES string of the molecule is O=C(Nc1ccc(Cl)cc1Br)NC1CCCC1C(=O)O. The lowest BCUT2D eigenvalue weighted by atomic mass is 10.0. The monoisotopic (exact) mass is 360 g/mol. The second-order valence-electron chi connectivity index (χ2n) is 4.70. The summed E-state index contributed by atoms with van der Waals surface area (Å²) in [6.07, 6.45) is 2.10. The highest BCUT2D eigenvalue weighted by Gasteiger charge is 2.33. The summed E-state index contributed by atoms with van der Waals surface area (Å²) in [6, 6.07) is 4.28. The molecule has 108 valence electrons. The summed E-state index contributed by atoms with van der Waals surface area (Å²) in [5.74, 6) is -1.37. The Labute approximate surface area is 129 Å². The topological polar surface area (TPSA) is 78.4 Å². The van der Waals surface area contributed by atoms with Gasteiger partial charge in [0, 0.05) is 15.5 Å². The first-order valence-electron chi connectivity index (χ1n) is 6.23. The number of carboxylic acid groups (broad SMARTS) is 1. The molecule has 0 radical (unpaired) electrons. The van der Waals surface area contributed by atoms with Gasteiger partial charge in [0.1, 0.15) is 0 Å². The fourth-order valence-electron chi connectivity index (χ4n) is 2.35. The standard InChI is InChI=1S/C13H14BrClN2O3/c14-9-6-7(15)4-5-11(9)17-13(20)16-10-3-1-2-8(10)12(18)19/h4-6,8,10H,1-3H2,(H,18,19)(H2,16,17,20). The second kappa shape index (κ2) is 6.45. The minimum absolute atomic E-state index is 0.321. The molecule has 1 saturated carbocycles. The molecule has 2 rings (SSSR count). The van der Waals surface area contributed by atoms with Gasteiger partial charge >= 0.3 is 12.0 Å². The Morgan fingerprint density at radius 2 is 2.10 bits per heavy atom. The van der Waals surface area contributed by atoms with E-state index < -0.39 is 17.9 Å². The smallest absolute Gasteiger partial charge is 0.319 e. The molecular weight excluding hydrogens is 348 g/mol. The van der Waals surface area contributed by atoms with Gasteiger partial charge in [-0.05, 0) is 47.0 Å². The molecule has 0 aromatic heterocycles. The highest BCUT2D eigenvalue weighted by molar-refractivity contribution is 9.10. The minimum atomic E-state index is -0.861. The Hall–Kier alpha value is -1.27. The lowest BCUT2D eigenvalue weighted by Gasteiger charge is -2.18. The van der Waals surface area contributed by atoms with Crippen molar-refractivity contribution in [2.45, 2.75) is 25.3 Å². The zero-order chi connectivity index (χ0) is 14.7. The first-order chi connectivity index (χ1) is 9.47. The molecule has 0 aliphatic heterocycles. The van der Waals surface area contributed by atoms with Crippen LogP contribution in [0.3, 0.4) is 0 Å². The molecule has 1 aromatic rings. The Morgan fingerprint density at radius 3 is 2.75 bits per heavy atom. The van der Waals surface area contributed by atoms with Crippen LogP contribution in [-0.2, 0) is 4.79 Å². The van der Waals surface area contributed by atoms with Gasteiger partial charge in [-0.25, -0.2) is 4.79 Å². The van der Waals surface area contributed by atoms with E-state index in [1.165, 1.54) is 0 Å². The van der Waals surface area contributed by atoms with E-state index in [9.17, 15) is 9.59 Å². The van der Waals surface area contributed by atoms with Crippen molar-refractivity contribution in [1.29, 1.82) is 0 Å². The highest BCUT2D eigenvalue weighted by atomic mass is 79.9. The summed E-state index contributed by atoms with van der Waals surface area (Å²) in [7, 11) is 0. The number of urea groups is 1. The van der Waals surface area contributed by atoms with Crippen LogP contribution in [0, 0.1) is 5.92 Å². The van der Waals surface area contributed by atoms with Crippen molar-refractivity contribution in [2.24, 2.45) is 5.92 Å². The van der Waals surface area contributed by atoms with Crippen LogP contribution in [0.2, 0.25) is 5.02 Å².